The van der Waals surface area contributed by atoms with Crippen LogP contribution in [0.25, 0.3) is 0 Å². The van der Waals surface area contributed by atoms with Crippen LogP contribution < -0.4 is 5.32 Å². The molecule has 2 rings (SSSR count). The summed E-state index contributed by atoms with van der Waals surface area (Å²) in [4.78, 5) is 28.5. The average molecular weight is 353 g/mol. The Hall–Kier alpha value is -1.53. The van der Waals surface area contributed by atoms with Crippen molar-refractivity contribution in [2.24, 2.45) is 0 Å². The zero-order chi connectivity index (χ0) is 14.7. The van der Waals surface area contributed by atoms with E-state index >= 15 is 0 Å². The summed E-state index contributed by atoms with van der Waals surface area (Å²) in [7, 11) is 0. The summed E-state index contributed by atoms with van der Waals surface area (Å²) in [6.45, 7) is 3.72. The Kier molecular flexibility index (Phi) is 4.67. The zero-order valence-electron chi connectivity index (χ0n) is 11.1. The Labute approximate surface area is 129 Å². The molecule has 0 unspecified atom stereocenters. The molecule has 1 amide bonds. The molecule has 0 radical (unpaired) electrons. The maximum atomic E-state index is 12.0. The van der Waals surface area contributed by atoms with Crippen molar-refractivity contribution in [1.82, 2.24) is 4.98 Å². The van der Waals surface area contributed by atoms with E-state index in [9.17, 15) is 9.59 Å². The number of ketones is 1. The van der Waals surface area contributed by atoms with Crippen molar-refractivity contribution >= 4 is 44.1 Å². The van der Waals surface area contributed by atoms with Gasteiger partial charge in [0.05, 0.1) is 15.9 Å². The van der Waals surface area contributed by atoms with Gasteiger partial charge in [-0.2, -0.15) is 0 Å². The molecule has 4 nitrogen and oxygen atoms in total. The number of anilines is 1. The van der Waals surface area contributed by atoms with Crippen LogP contribution in [-0.4, -0.2) is 22.0 Å². The SMILES string of the molecule is Cc1ccc(C(=O)Nc2nc(C)c(C(=O)CBr)s2)cc1. The summed E-state index contributed by atoms with van der Waals surface area (Å²) in [5, 5.41) is 3.41. The van der Waals surface area contributed by atoms with Crippen LogP contribution in [0.1, 0.15) is 31.3 Å². The largest absolute Gasteiger partial charge is 0.298 e. The number of carbonyl (C=O) groups excluding carboxylic acids is 2. The molecule has 0 fully saturated rings. The predicted molar refractivity (Wildman–Crippen MR) is 84.1 cm³/mol. The minimum absolute atomic E-state index is 0.0316. The Balaban J connectivity index is 2.16. The van der Waals surface area contributed by atoms with Crippen LogP contribution in [0, 0.1) is 13.8 Å². The maximum absolute atomic E-state index is 12.0. The second kappa shape index (κ2) is 6.28. The number of alkyl halides is 1. The van der Waals surface area contributed by atoms with Crippen molar-refractivity contribution in [1.29, 1.82) is 0 Å². The summed E-state index contributed by atoms with van der Waals surface area (Å²) in [6.07, 6.45) is 0. The van der Waals surface area contributed by atoms with Crippen LogP contribution >= 0.6 is 27.3 Å². The van der Waals surface area contributed by atoms with Crippen LogP contribution in [-0.2, 0) is 0 Å². The first-order chi connectivity index (χ1) is 9.51. The first-order valence-electron chi connectivity index (χ1n) is 5.96. The molecular formula is C14H13BrN2O2S. The number of hydrogen-bond acceptors (Lipinski definition) is 4. The summed E-state index contributed by atoms with van der Waals surface area (Å²) >= 11 is 4.33. The van der Waals surface area contributed by atoms with E-state index in [-0.39, 0.29) is 17.0 Å². The monoisotopic (exact) mass is 352 g/mol. The molecule has 0 spiro atoms. The van der Waals surface area contributed by atoms with Crippen molar-refractivity contribution in [3.8, 4) is 0 Å². The molecule has 1 aromatic heterocycles. The second-order valence-electron chi connectivity index (χ2n) is 4.31. The highest BCUT2D eigenvalue weighted by molar-refractivity contribution is 9.09. The Morgan fingerprint density at radius 2 is 1.90 bits per heavy atom. The molecular weight excluding hydrogens is 340 g/mol. The first kappa shape index (κ1) is 14.9. The minimum atomic E-state index is -0.225. The normalized spacial score (nSPS) is 10.3. The lowest BCUT2D eigenvalue weighted by molar-refractivity contribution is 0.101. The van der Waals surface area contributed by atoms with Gasteiger partial charge in [-0.25, -0.2) is 4.98 Å². The summed E-state index contributed by atoms with van der Waals surface area (Å²) < 4.78 is 0. The van der Waals surface area contributed by atoms with Gasteiger partial charge in [-0.05, 0) is 26.0 Å². The van der Waals surface area contributed by atoms with E-state index in [0.717, 1.165) is 5.56 Å². The number of Topliss-reactive ketones (excluding diaryl/α,β-unsaturated/α-hetero) is 1. The van der Waals surface area contributed by atoms with Gasteiger partial charge in [-0.3, -0.25) is 14.9 Å². The standard InChI is InChI=1S/C14H13BrN2O2S/c1-8-3-5-10(6-4-8)13(19)17-14-16-9(2)12(20-14)11(18)7-15/h3-6H,7H2,1-2H3,(H,16,17,19). The van der Waals surface area contributed by atoms with Gasteiger partial charge >= 0.3 is 0 Å². The molecule has 0 aliphatic heterocycles. The van der Waals surface area contributed by atoms with Crippen molar-refractivity contribution in [2.45, 2.75) is 13.8 Å². The fraction of sp³-hybridized carbons (Fsp3) is 0.214. The van der Waals surface area contributed by atoms with Gasteiger partial charge in [0.25, 0.3) is 5.91 Å². The number of nitrogens with zero attached hydrogens (tertiary/aromatic N) is 1. The summed E-state index contributed by atoms with van der Waals surface area (Å²) in [5.74, 6) is -0.257. The number of amides is 1. The van der Waals surface area contributed by atoms with E-state index in [1.54, 1.807) is 19.1 Å². The Morgan fingerprint density at radius 1 is 1.25 bits per heavy atom. The van der Waals surface area contributed by atoms with E-state index in [2.05, 4.69) is 26.2 Å². The molecule has 0 aliphatic rings. The Morgan fingerprint density at radius 3 is 2.50 bits per heavy atom. The lowest BCUT2D eigenvalue weighted by atomic mass is 10.1. The highest BCUT2D eigenvalue weighted by Gasteiger charge is 2.16. The van der Waals surface area contributed by atoms with Gasteiger partial charge in [0.2, 0.25) is 0 Å². The van der Waals surface area contributed by atoms with Crippen molar-refractivity contribution in [3.63, 3.8) is 0 Å². The topological polar surface area (TPSA) is 59.1 Å². The smallest absolute Gasteiger partial charge is 0.257 e. The molecule has 1 aromatic carbocycles. The molecule has 0 aliphatic carbocycles. The van der Waals surface area contributed by atoms with Gasteiger partial charge in [-0.15, -0.1) is 0 Å². The second-order valence-corrected chi connectivity index (χ2v) is 5.87. The van der Waals surface area contributed by atoms with Crippen molar-refractivity contribution < 1.29 is 9.59 Å². The highest BCUT2D eigenvalue weighted by Crippen LogP contribution is 2.24. The molecule has 0 saturated heterocycles. The average Bonchev–Trinajstić information content (AvgIpc) is 2.79. The quantitative estimate of drug-likeness (QED) is 0.675. The fourth-order valence-electron chi connectivity index (χ4n) is 1.64. The van der Waals surface area contributed by atoms with Gasteiger partial charge in [-0.1, -0.05) is 45.0 Å². The van der Waals surface area contributed by atoms with E-state index < -0.39 is 0 Å². The van der Waals surface area contributed by atoms with E-state index in [0.29, 0.717) is 21.3 Å². The molecule has 6 heteroatoms. The van der Waals surface area contributed by atoms with E-state index in [1.807, 2.05) is 19.1 Å². The Bertz CT molecular complexity index is 650. The van der Waals surface area contributed by atoms with Crippen molar-refractivity contribution in [3.05, 3.63) is 46.0 Å². The van der Waals surface area contributed by atoms with Gasteiger partial charge < -0.3 is 0 Å². The predicted octanol–water partition coefficient (Wildman–Crippen LogP) is 3.59. The number of hydrogen-bond donors (Lipinski definition) is 1. The molecule has 1 N–H and O–H groups in total. The van der Waals surface area contributed by atoms with Crippen molar-refractivity contribution in [2.75, 3.05) is 10.6 Å². The summed E-state index contributed by atoms with van der Waals surface area (Å²) in [6, 6.07) is 7.27. The van der Waals surface area contributed by atoms with Crippen LogP contribution in [0.4, 0.5) is 5.13 Å². The molecule has 0 bridgehead atoms. The van der Waals surface area contributed by atoms with Crippen LogP contribution in [0.15, 0.2) is 24.3 Å². The van der Waals surface area contributed by atoms with E-state index in [1.165, 1.54) is 11.3 Å². The van der Waals surface area contributed by atoms with Gasteiger partial charge in [0.15, 0.2) is 10.9 Å². The molecule has 104 valence electrons. The first-order valence-corrected chi connectivity index (χ1v) is 7.89. The zero-order valence-corrected chi connectivity index (χ0v) is 13.5. The number of halogens is 1. The van der Waals surface area contributed by atoms with Gasteiger partial charge in [0, 0.05) is 5.56 Å². The third-order valence-corrected chi connectivity index (χ3v) is 4.33. The number of aryl methyl sites for hydroxylation is 2. The van der Waals surface area contributed by atoms with E-state index in [4.69, 9.17) is 0 Å². The van der Waals surface area contributed by atoms with Crippen LogP contribution in [0.5, 0.6) is 0 Å². The molecule has 20 heavy (non-hydrogen) atoms. The number of aromatic nitrogens is 1. The highest BCUT2D eigenvalue weighted by atomic mass is 79.9. The summed E-state index contributed by atoms with van der Waals surface area (Å²) in [5.41, 5.74) is 2.30. The fourth-order valence-corrected chi connectivity index (χ4v) is 3.01. The number of carbonyl (C=O) groups is 2. The lowest BCUT2D eigenvalue weighted by Crippen LogP contribution is -2.11. The molecule has 0 saturated carbocycles. The molecule has 0 atom stereocenters. The van der Waals surface area contributed by atoms with Crippen LogP contribution in [0.3, 0.4) is 0 Å². The number of benzene rings is 1. The number of rotatable bonds is 4. The third-order valence-electron chi connectivity index (χ3n) is 2.71. The maximum Gasteiger partial charge on any atom is 0.257 e. The lowest BCUT2D eigenvalue weighted by Gasteiger charge is -2.01. The molecule has 1 heterocycles. The molecule has 2 aromatic rings. The number of thiazole rings is 1. The van der Waals surface area contributed by atoms with Crippen LogP contribution in [0.2, 0.25) is 0 Å². The van der Waals surface area contributed by atoms with Gasteiger partial charge in [0.1, 0.15) is 0 Å². The minimum Gasteiger partial charge on any atom is -0.298 e. The number of nitrogens with one attached hydrogen (secondary N) is 1. The third kappa shape index (κ3) is 3.32.